The van der Waals surface area contributed by atoms with Gasteiger partial charge < -0.3 is 5.32 Å². The van der Waals surface area contributed by atoms with E-state index in [4.69, 9.17) is 12.2 Å². The largest absolute Gasteiger partial charge is 0.326 e. The van der Waals surface area contributed by atoms with E-state index >= 15 is 0 Å². The van der Waals surface area contributed by atoms with Crippen LogP contribution in [0, 0.1) is 6.92 Å². The monoisotopic (exact) mass is 422 g/mol. The second kappa shape index (κ2) is 9.67. The molecule has 0 atom stereocenters. The van der Waals surface area contributed by atoms with Crippen LogP contribution >= 0.6 is 24.0 Å². The molecule has 148 valence electrons. The number of hydrogen-bond donors (Lipinski definition) is 1. The number of thiocarbonyl (C=S) groups is 1. The third kappa shape index (κ3) is 5.89. The number of anilines is 1. The average Bonchev–Trinajstić information content (AvgIpc) is 2.93. The molecule has 3 rings (SSSR count). The van der Waals surface area contributed by atoms with Gasteiger partial charge in [-0.15, -0.1) is 0 Å². The summed E-state index contributed by atoms with van der Waals surface area (Å²) in [5.74, 6) is -0.294. The highest BCUT2D eigenvalue weighted by molar-refractivity contribution is 8.26. The summed E-state index contributed by atoms with van der Waals surface area (Å²) >= 11 is 6.63. The van der Waals surface area contributed by atoms with Crippen LogP contribution in [0.1, 0.15) is 24.5 Å². The first-order chi connectivity index (χ1) is 13.9. The lowest BCUT2D eigenvalue weighted by molar-refractivity contribution is -0.122. The molecule has 2 amide bonds. The van der Waals surface area contributed by atoms with E-state index < -0.39 is 0 Å². The number of aryl methyl sites for hydroxylation is 1. The van der Waals surface area contributed by atoms with Crippen molar-refractivity contribution in [3.63, 3.8) is 0 Å². The molecule has 0 bridgehead atoms. The van der Waals surface area contributed by atoms with Crippen LogP contribution in [0.4, 0.5) is 5.69 Å². The molecule has 0 aliphatic carbocycles. The van der Waals surface area contributed by atoms with Crippen LogP contribution in [0.3, 0.4) is 0 Å². The van der Waals surface area contributed by atoms with Gasteiger partial charge in [0.2, 0.25) is 5.91 Å². The predicted molar refractivity (Wildman–Crippen MR) is 125 cm³/mol. The van der Waals surface area contributed by atoms with Crippen LogP contribution in [0.25, 0.3) is 6.08 Å². The van der Waals surface area contributed by atoms with Crippen LogP contribution in [0.15, 0.2) is 71.2 Å². The van der Waals surface area contributed by atoms with E-state index in [2.05, 4.69) is 5.32 Å². The minimum absolute atomic E-state index is 0.145. The zero-order valence-corrected chi connectivity index (χ0v) is 18.0. The molecule has 2 aromatic rings. The summed E-state index contributed by atoms with van der Waals surface area (Å²) in [7, 11) is 0. The van der Waals surface area contributed by atoms with E-state index in [0.29, 0.717) is 9.23 Å². The van der Waals surface area contributed by atoms with Crippen molar-refractivity contribution in [1.29, 1.82) is 0 Å². The van der Waals surface area contributed by atoms with Gasteiger partial charge in [-0.05, 0) is 48.8 Å². The second-order valence-electron chi connectivity index (χ2n) is 6.80. The third-order valence-corrected chi connectivity index (χ3v) is 5.67. The number of allylic oxidation sites excluding steroid dienone is 2. The van der Waals surface area contributed by atoms with E-state index in [1.807, 2.05) is 80.6 Å². The first-order valence-electron chi connectivity index (χ1n) is 9.27. The summed E-state index contributed by atoms with van der Waals surface area (Å²) in [5, 5.41) is 2.86. The molecule has 1 heterocycles. The molecule has 6 heteroatoms. The molecule has 0 unspecified atom stereocenters. The molecule has 1 aliphatic rings. The van der Waals surface area contributed by atoms with Gasteiger partial charge in [0.25, 0.3) is 5.91 Å². The maximum Gasteiger partial charge on any atom is 0.266 e. The van der Waals surface area contributed by atoms with Gasteiger partial charge in [-0.1, -0.05) is 72.5 Å². The maximum absolute atomic E-state index is 12.7. The molecule has 29 heavy (non-hydrogen) atoms. The summed E-state index contributed by atoms with van der Waals surface area (Å²) in [6.07, 6.45) is 4.05. The minimum Gasteiger partial charge on any atom is -0.326 e. The van der Waals surface area contributed by atoms with E-state index in [0.717, 1.165) is 22.4 Å². The van der Waals surface area contributed by atoms with Gasteiger partial charge in [0.1, 0.15) is 4.32 Å². The number of nitrogens with zero attached hydrogens (tertiary/aromatic N) is 1. The van der Waals surface area contributed by atoms with Gasteiger partial charge >= 0.3 is 0 Å². The Bertz CT molecular complexity index is 997. The molecule has 1 N–H and O–H groups in total. The standard InChI is InChI=1S/C23H22N2O2S2/c1-16-7-6-10-19(14-16)24-21(26)11-12-25-22(27)20(29-23(25)28)15-17(2)13-18-8-4-3-5-9-18/h3-10,13-15H,11-12H2,1-2H3,(H,24,26)/b17-13+,20-15-. The lowest BCUT2D eigenvalue weighted by Crippen LogP contribution is -2.31. The summed E-state index contributed by atoms with van der Waals surface area (Å²) in [4.78, 5) is 27.0. The topological polar surface area (TPSA) is 49.4 Å². The van der Waals surface area contributed by atoms with Gasteiger partial charge in [-0.2, -0.15) is 0 Å². The van der Waals surface area contributed by atoms with Crippen molar-refractivity contribution in [2.45, 2.75) is 20.3 Å². The Balaban J connectivity index is 1.60. The van der Waals surface area contributed by atoms with Crippen LogP contribution < -0.4 is 5.32 Å². The molecule has 0 saturated carbocycles. The summed E-state index contributed by atoms with van der Waals surface area (Å²) < 4.78 is 0.483. The van der Waals surface area contributed by atoms with Crippen molar-refractivity contribution in [2.75, 3.05) is 11.9 Å². The Morgan fingerprint density at radius 1 is 1.17 bits per heavy atom. The molecule has 0 spiro atoms. The third-order valence-electron chi connectivity index (χ3n) is 4.29. The number of nitrogens with one attached hydrogen (secondary N) is 1. The van der Waals surface area contributed by atoms with Crippen LogP contribution in [-0.4, -0.2) is 27.6 Å². The van der Waals surface area contributed by atoms with Crippen molar-refractivity contribution < 1.29 is 9.59 Å². The minimum atomic E-state index is -0.149. The lowest BCUT2D eigenvalue weighted by Gasteiger charge is -2.14. The fourth-order valence-electron chi connectivity index (χ4n) is 2.91. The predicted octanol–water partition coefficient (Wildman–Crippen LogP) is 5.17. The quantitative estimate of drug-likeness (QED) is 0.515. The van der Waals surface area contributed by atoms with Crippen molar-refractivity contribution in [3.05, 3.63) is 82.3 Å². The molecule has 0 radical (unpaired) electrons. The number of thioether (sulfide) groups is 1. The van der Waals surface area contributed by atoms with E-state index in [1.54, 1.807) is 0 Å². The number of carbonyl (C=O) groups excluding carboxylic acids is 2. The Morgan fingerprint density at radius 3 is 2.66 bits per heavy atom. The number of rotatable bonds is 6. The Kier molecular flexibility index (Phi) is 7.01. The Morgan fingerprint density at radius 2 is 1.93 bits per heavy atom. The van der Waals surface area contributed by atoms with Crippen LogP contribution in [0.5, 0.6) is 0 Å². The highest BCUT2D eigenvalue weighted by Gasteiger charge is 2.32. The van der Waals surface area contributed by atoms with E-state index in [1.165, 1.54) is 16.7 Å². The van der Waals surface area contributed by atoms with Crippen molar-refractivity contribution >= 4 is 51.9 Å². The average molecular weight is 423 g/mol. The Labute approximate surface area is 180 Å². The van der Waals surface area contributed by atoms with E-state index in [-0.39, 0.29) is 24.8 Å². The molecule has 2 aromatic carbocycles. The maximum atomic E-state index is 12.7. The first-order valence-corrected chi connectivity index (χ1v) is 10.5. The first kappa shape index (κ1) is 21.0. The molecule has 1 aliphatic heterocycles. The number of amides is 2. The molecular weight excluding hydrogens is 400 g/mol. The highest BCUT2D eigenvalue weighted by atomic mass is 32.2. The SMILES string of the molecule is CC(/C=C1\SC(=S)N(CCC(=O)Nc2cccc(C)c2)C1=O)=C\c1ccccc1. The van der Waals surface area contributed by atoms with Crippen LogP contribution in [0.2, 0.25) is 0 Å². The molecule has 4 nitrogen and oxygen atoms in total. The van der Waals surface area contributed by atoms with Crippen molar-refractivity contribution in [1.82, 2.24) is 4.90 Å². The van der Waals surface area contributed by atoms with Gasteiger partial charge in [0.15, 0.2) is 0 Å². The lowest BCUT2D eigenvalue weighted by atomic mass is 10.1. The fraction of sp³-hybridized carbons (Fsp3) is 0.174. The molecule has 1 saturated heterocycles. The summed E-state index contributed by atoms with van der Waals surface area (Å²) in [6, 6.07) is 17.5. The smallest absolute Gasteiger partial charge is 0.266 e. The Hall–Kier alpha value is -2.70. The number of hydrogen-bond acceptors (Lipinski definition) is 4. The molecular formula is C23H22N2O2S2. The highest BCUT2D eigenvalue weighted by Crippen LogP contribution is 2.32. The molecule has 1 fully saturated rings. The van der Waals surface area contributed by atoms with Crippen molar-refractivity contribution in [2.24, 2.45) is 0 Å². The zero-order chi connectivity index (χ0) is 20.8. The van der Waals surface area contributed by atoms with Crippen molar-refractivity contribution in [3.8, 4) is 0 Å². The summed E-state index contributed by atoms with van der Waals surface area (Å²) in [6.45, 7) is 4.19. The summed E-state index contributed by atoms with van der Waals surface area (Å²) in [5.41, 5.74) is 3.87. The molecule has 0 aromatic heterocycles. The number of carbonyl (C=O) groups is 2. The van der Waals surface area contributed by atoms with Gasteiger partial charge in [-0.25, -0.2) is 0 Å². The zero-order valence-electron chi connectivity index (χ0n) is 16.3. The normalized spacial score (nSPS) is 15.9. The van der Waals surface area contributed by atoms with E-state index in [9.17, 15) is 9.59 Å². The van der Waals surface area contributed by atoms with Crippen LogP contribution in [-0.2, 0) is 9.59 Å². The van der Waals surface area contributed by atoms with Gasteiger partial charge in [-0.3, -0.25) is 14.5 Å². The fourth-order valence-corrected chi connectivity index (χ4v) is 4.27. The second-order valence-corrected chi connectivity index (χ2v) is 8.48. The number of benzene rings is 2. The van der Waals surface area contributed by atoms with Gasteiger partial charge in [0, 0.05) is 18.7 Å². The van der Waals surface area contributed by atoms with Gasteiger partial charge in [0.05, 0.1) is 4.91 Å².